The lowest BCUT2D eigenvalue weighted by molar-refractivity contribution is -0.155. The van der Waals surface area contributed by atoms with Crippen LogP contribution in [0.3, 0.4) is 0 Å². The second kappa shape index (κ2) is 4.43. The largest absolute Gasteiger partial charge is 0.462 e. The smallest absolute Gasteiger partial charge is 0.302 e. The van der Waals surface area contributed by atoms with Crippen LogP contribution in [-0.4, -0.2) is 17.9 Å². The topological polar surface area (TPSA) is 43.4 Å². The highest BCUT2D eigenvalue weighted by Crippen LogP contribution is 2.56. The van der Waals surface area contributed by atoms with Gasteiger partial charge in [-0.15, -0.1) is 0 Å². The lowest BCUT2D eigenvalue weighted by Gasteiger charge is -2.43. The van der Waals surface area contributed by atoms with E-state index in [2.05, 4.69) is 6.92 Å². The van der Waals surface area contributed by atoms with Crippen molar-refractivity contribution in [3.8, 4) is 0 Å². The predicted octanol–water partition coefficient (Wildman–Crippen LogP) is 2.72. The third-order valence-electron chi connectivity index (χ3n) is 4.87. The first-order valence-electron chi connectivity index (χ1n) is 6.63. The van der Waals surface area contributed by atoms with Crippen molar-refractivity contribution >= 4 is 11.8 Å². The van der Waals surface area contributed by atoms with Crippen LogP contribution in [0, 0.1) is 17.3 Å². The summed E-state index contributed by atoms with van der Waals surface area (Å²) in [5.41, 5.74) is 0.0597. The van der Waals surface area contributed by atoms with E-state index in [0.717, 1.165) is 32.1 Å². The molecule has 2 aliphatic rings. The molecule has 0 spiro atoms. The van der Waals surface area contributed by atoms with E-state index in [4.69, 9.17) is 4.74 Å². The van der Waals surface area contributed by atoms with Crippen molar-refractivity contribution in [2.24, 2.45) is 17.3 Å². The Hall–Kier alpha value is -0.860. The Morgan fingerprint density at radius 2 is 1.88 bits per heavy atom. The minimum absolute atomic E-state index is 0.0376. The third-order valence-corrected chi connectivity index (χ3v) is 4.87. The van der Waals surface area contributed by atoms with Crippen molar-refractivity contribution in [2.45, 2.75) is 59.0 Å². The number of Topliss-reactive ketones (excluding diaryl/α,β-unsaturated/α-hetero) is 1. The Bertz CT molecular complexity index is 336. The predicted molar refractivity (Wildman–Crippen MR) is 64.4 cm³/mol. The maximum atomic E-state index is 11.7. The van der Waals surface area contributed by atoms with Gasteiger partial charge in [-0.3, -0.25) is 9.59 Å². The lowest BCUT2D eigenvalue weighted by Crippen LogP contribution is -2.43. The Morgan fingerprint density at radius 1 is 1.18 bits per heavy atom. The molecule has 3 nitrogen and oxygen atoms in total. The van der Waals surface area contributed by atoms with Crippen molar-refractivity contribution in [3.63, 3.8) is 0 Å². The Kier molecular flexibility index (Phi) is 3.28. The summed E-state index contributed by atoms with van der Waals surface area (Å²) in [6.45, 7) is 5.39. The lowest BCUT2D eigenvalue weighted by atomic mass is 9.63. The number of carbonyl (C=O) groups excluding carboxylic acids is 2. The molecule has 3 heteroatoms. The molecule has 0 radical (unpaired) electrons. The summed E-state index contributed by atoms with van der Waals surface area (Å²) < 4.78 is 5.45. The molecule has 2 rings (SSSR count). The molecule has 0 aromatic heterocycles. The molecule has 2 saturated carbocycles. The van der Waals surface area contributed by atoms with Crippen LogP contribution in [0.15, 0.2) is 0 Å². The molecule has 0 N–H and O–H groups in total. The quantitative estimate of drug-likeness (QED) is 0.695. The maximum absolute atomic E-state index is 11.7. The van der Waals surface area contributed by atoms with Crippen molar-refractivity contribution in [1.29, 1.82) is 0 Å². The number of ketones is 1. The summed E-state index contributed by atoms with van der Waals surface area (Å²) in [5, 5.41) is 0. The van der Waals surface area contributed by atoms with Crippen LogP contribution in [0.25, 0.3) is 0 Å². The van der Waals surface area contributed by atoms with E-state index in [-0.39, 0.29) is 23.4 Å². The van der Waals surface area contributed by atoms with E-state index >= 15 is 0 Å². The summed E-state index contributed by atoms with van der Waals surface area (Å²) in [7, 11) is 0. The third kappa shape index (κ3) is 2.12. The van der Waals surface area contributed by atoms with Gasteiger partial charge in [0.25, 0.3) is 0 Å². The van der Waals surface area contributed by atoms with Gasteiger partial charge in [-0.25, -0.2) is 0 Å². The number of hydrogen-bond donors (Lipinski definition) is 0. The fraction of sp³-hybridized carbons (Fsp3) is 0.857. The molecule has 2 aliphatic carbocycles. The summed E-state index contributed by atoms with van der Waals surface area (Å²) in [4.78, 5) is 22.9. The minimum atomic E-state index is -0.189. The summed E-state index contributed by atoms with van der Waals surface area (Å²) >= 11 is 0. The first kappa shape index (κ1) is 12.6. The molecular formula is C14H22O3. The molecular weight excluding hydrogens is 216 g/mol. The van der Waals surface area contributed by atoms with E-state index in [1.807, 2.05) is 0 Å². The average molecular weight is 238 g/mol. The highest BCUT2D eigenvalue weighted by Gasteiger charge is 2.53. The maximum Gasteiger partial charge on any atom is 0.302 e. The fourth-order valence-corrected chi connectivity index (χ4v) is 4.14. The second-order valence-corrected chi connectivity index (χ2v) is 5.89. The van der Waals surface area contributed by atoms with Gasteiger partial charge in [-0.1, -0.05) is 6.92 Å². The second-order valence-electron chi connectivity index (χ2n) is 5.89. The summed E-state index contributed by atoms with van der Waals surface area (Å²) in [6, 6.07) is 0. The number of esters is 1. The fourth-order valence-electron chi connectivity index (χ4n) is 4.14. The first-order chi connectivity index (χ1) is 7.95. The van der Waals surface area contributed by atoms with Crippen molar-refractivity contribution in [1.82, 2.24) is 0 Å². The molecule has 0 aromatic carbocycles. The van der Waals surface area contributed by atoms with Crippen molar-refractivity contribution in [3.05, 3.63) is 0 Å². The van der Waals surface area contributed by atoms with E-state index < -0.39 is 0 Å². The van der Waals surface area contributed by atoms with E-state index in [0.29, 0.717) is 11.7 Å². The van der Waals surface area contributed by atoms with Crippen LogP contribution in [0.5, 0.6) is 0 Å². The molecule has 4 atom stereocenters. The molecule has 0 saturated heterocycles. The Balaban J connectivity index is 2.18. The number of ether oxygens (including phenoxy) is 1. The zero-order valence-corrected chi connectivity index (χ0v) is 11.0. The van der Waals surface area contributed by atoms with E-state index in [9.17, 15) is 9.59 Å². The van der Waals surface area contributed by atoms with Crippen LogP contribution < -0.4 is 0 Å². The van der Waals surface area contributed by atoms with E-state index in [1.54, 1.807) is 6.92 Å². The molecule has 96 valence electrons. The van der Waals surface area contributed by atoms with Crippen LogP contribution >= 0.6 is 0 Å². The van der Waals surface area contributed by atoms with Crippen LogP contribution in [-0.2, 0) is 14.3 Å². The van der Waals surface area contributed by atoms with Crippen molar-refractivity contribution in [2.75, 3.05) is 0 Å². The van der Waals surface area contributed by atoms with Gasteiger partial charge in [0.2, 0.25) is 0 Å². The number of hydrogen-bond acceptors (Lipinski definition) is 3. The van der Waals surface area contributed by atoms with Gasteiger partial charge >= 0.3 is 5.97 Å². The molecule has 2 fully saturated rings. The number of rotatable bonds is 2. The van der Waals surface area contributed by atoms with Crippen LogP contribution in [0.4, 0.5) is 0 Å². The van der Waals surface area contributed by atoms with Gasteiger partial charge in [0.05, 0.1) is 0 Å². The van der Waals surface area contributed by atoms with Gasteiger partial charge < -0.3 is 4.74 Å². The summed E-state index contributed by atoms with van der Waals surface area (Å²) in [6.07, 6.45) is 5.15. The normalized spacial score (nSPS) is 40.8. The highest BCUT2D eigenvalue weighted by atomic mass is 16.5. The highest BCUT2D eigenvalue weighted by molar-refractivity contribution is 5.79. The molecule has 0 amide bonds. The standard InChI is InChI=1S/C14H22O3/c1-9(15)11-6-7-12-13(17-10(2)16)5-4-8-14(11,12)3/h11-13H,4-8H2,1-3H3/t11-,12+,13+,14-/m1/s1. The molecule has 0 aromatic rings. The van der Waals surface area contributed by atoms with Gasteiger partial charge in [0, 0.05) is 18.8 Å². The monoisotopic (exact) mass is 238 g/mol. The Morgan fingerprint density at radius 3 is 2.47 bits per heavy atom. The summed E-state index contributed by atoms with van der Waals surface area (Å²) in [5.74, 6) is 0.670. The van der Waals surface area contributed by atoms with E-state index in [1.165, 1.54) is 6.92 Å². The van der Waals surface area contributed by atoms with Gasteiger partial charge in [-0.05, 0) is 44.4 Å². The minimum Gasteiger partial charge on any atom is -0.462 e. The van der Waals surface area contributed by atoms with Crippen LogP contribution in [0.2, 0.25) is 0 Å². The first-order valence-corrected chi connectivity index (χ1v) is 6.63. The average Bonchev–Trinajstić information content (AvgIpc) is 2.55. The van der Waals surface area contributed by atoms with Gasteiger partial charge in [0.1, 0.15) is 11.9 Å². The number of carbonyl (C=O) groups is 2. The molecule has 0 aliphatic heterocycles. The molecule has 0 bridgehead atoms. The molecule has 0 unspecified atom stereocenters. The SMILES string of the molecule is CC(=O)O[C@H]1CCC[C@]2(C)[C@@H](C(C)=O)CC[C@@H]12. The zero-order valence-electron chi connectivity index (χ0n) is 11.0. The molecule has 0 heterocycles. The van der Waals surface area contributed by atoms with Crippen LogP contribution in [0.1, 0.15) is 52.9 Å². The van der Waals surface area contributed by atoms with Gasteiger partial charge in [0.15, 0.2) is 0 Å². The zero-order chi connectivity index (χ0) is 12.6. The number of fused-ring (bicyclic) bond motifs is 1. The van der Waals surface area contributed by atoms with Crippen molar-refractivity contribution < 1.29 is 14.3 Å². The Labute approximate surface area is 103 Å². The molecule has 17 heavy (non-hydrogen) atoms. The van der Waals surface area contributed by atoms with Gasteiger partial charge in [-0.2, -0.15) is 0 Å².